The van der Waals surface area contributed by atoms with Crippen LogP contribution >= 0.6 is 0 Å². The van der Waals surface area contributed by atoms with Crippen LogP contribution in [0.1, 0.15) is 29.6 Å². The molecular weight excluding hydrogens is 425 g/mol. The molecule has 2 rings (SSSR count). The summed E-state index contributed by atoms with van der Waals surface area (Å²) in [6, 6.07) is 2.69. The number of carbonyl (C=O) groups excluding carboxylic acids is 2. The van der Waals surface area contributed by atoms with E-state index in [0.717, 1.165) is 12.1 Å². The van der Waals surface area contributed by atoms with Crippen LogP contribution in [-0.2, 0) is 9.53 Å². The van der Waals surface area contributed by atoms with Crippen LogP contribution < -0.4 is 5.32 Å². The first-order valence-corrected chi connectivity index (χ1v) is 10.0. The van der Waals surface area contributed by atoms with E-state index in [1.165, 1.54) is 0 Å². The van der Waals surface area contributed by atoms with Crippen LogP contribution in [0.15, 0.2) is 18.2 Å². The van der Waals surface area contributed by atoms with E-state index >= 15 is 0 Å². The van der Waals surface area contributed by atoms with Crippen LogP contribution in [0, 0.1) is 11.6 Å². The van der Waals surface area contributed by atoms with Gasteiger partial charge < -0.3 is 15.0 Å². The smallest absolute Gasteiger partial charge is 0.372 e. The second-order valence-corrected chi connectivity index (χ2v) is 7.23. The number of hydrogen-bond donors (Lipinski definition) is 1. The van der Waals surface area contributed by atoms with Gasteiger partial charge in [-0.3, -0.25) is 14.5 Å². The number of ether oxygens (including phenoxy) is 1. The van der Waals surface area contributed by atoms with E-state index in [1.54, 1.807) is 4.90 Å². The maximum absolute atomic E-state index is 13.6. The first-order valence-electron chi connectivity index (χ1n) is 10.0. The Morgan fingerprint density at radius 2 is 1.77 bits per heavy atom. The highest BCUT2D eigenvalue weighted by molar-refractivity contribution is 5.94. The van der Waals surface area contributed by atoms with Gasteiger partial charge in [0.1, 0.15) is 18.2 Å². The van der Waals surface area contributed by atoms with E-state index in [9.17, 15) is 31.5 Å². The fraction of sp³-hybridized carbons (Fsp3) is 0.600. The van der Waals surface area contributed by atoms with Crippen LogP contribution in [0.3, 0.4) is 0 Å². The molecule has 0 spiro atoms. The Bertz CT molecular complexity index is 737. The SMILES string of the molecule is O=C(NCCCC(=O)N1CCN(CCCOCC(F)(F)F)CC1)c1ccc(F)cc1F. The molecule has 1 heterocycles. The highest BCUT2D eigenvalue weighted by atomic mass is 19.4. The van der Waals surface area contributed by atoms with Crippen LogP contribution in [-0.4, -0.2) is 80.3 Å². The lowest BCUT2D eigenvalue weighted by Gasteiger charge is -2.34. The van der Waals surface area contributed by atoms with Crippen molar-refractivity contribution in [3.05, 3.63) is 35.4 Å². The molecule has 0 aliphatic carbocycles. The molecule has 0 aromatic heterocycles. The summed E-state index contributed by atoms with van der Waals surface area (Å²) in [6.45, 7) is 1.88. The minimum atomic E-state index is -4.31. The lowest BCUT2D eigenvalue weighted by molar-refractivity contribution is -0.174. The van der Waals surface area contributed by atoms with Gasteiger partial charge in [0.05, 0.1) is 5.56 Å². The van der Waals surface area contributed by atoms with Crippen molar-refractivity contribution in [2.24, 2.45) is 0 Å². The zero-order valence-electron chi connectivity index (χ0n) is 17.0. The lowest BCUT2D eigenvalue weighted by Crippen LogP contribution is -2.49. The summed E-state index contributed by atoms with van der Waals surface area (Å²) in [4.78, 5) is 27.9. The highest BCUT2D eigenvalue weighted by Gasteiger charge is 2.27. The molecule has 0 saturated carbocycles. The molecule has 1 aliphatic heterocycles. The third-order valence-electron chi connectivity index (χ3n) is 4.78. The van der Waals surface area contributed by atoms with Crippen molar-refractivity contribution in [1.82, 2.24) is 15.1 Å². The average Bonchev–Trinajstić information content (AvgIpc) is 2.70. The zero-order valence-corrected chi connectivity index (χ0v) is 17.0. The van der Waals surface area contributed by atoms with Gasteiger partial charge in [-0.15, -0.1) is 0 Å². The van der Waals surface area contributed by atoms with Gasteiger partial charge in [0.15, 0.2) is 0 Å². The number of amides is 2. The Hall–Kier alpha value is -2.27. The molecule has 0 atom stereocenters. The second-order valence-electron chi connectivity index (χ2n) is 7.23. The largest absolute Gasteiger partial charge is 0.411 e. The molecule has 1 aromatic rings. The second kappa shape index (κ2) is 11.9. The topological polar surface area (TPSA) is 61.9 Å². The van der Waals surface area contributed by atoms with Crippen molar-refractivity contribution < 1.29 is 36.3 Å². The molecule has 11 heteroatoms. The molecule has 0 bridgehead atoms. The molecule has 0 radical (unpaired) electrons. The van der Waals surface area contributed by atoms with Gasteiger partial charge in [-0.05, 0) is 25.0 Å². The third-order valence-corrected chi connectivity index (χ3v) is 4.78. The summed E-state index contributed by atoms with van der Waals surface area (Å²) in [7, 11) is 0. The van der Waals surface area contributed by atoms with Gasteiger partial charge >= 0.3 is 6.18 Å². The van der Waals surface area contributed by atoms with Crippen molar-refractivity contribution in [3.8, 4) is 0 Å². The molecule has 6 nitrogen and oxygen atoms in total. The van der Waals surface area contributed by atoms with E-state index < -0.39 is 30.3 Å². The summed E-state index contributed by atoms with van der Waals surface area (Å²) < 4.78 is 67.0. The number of benzene rings is 1. The number of piperazine rings is 1. The van der Waals surface area contributed by atoms with Gasteiger partial charge in [-0.25, -0.2) is 8.78 Å². The Kier molecular flexibility index (Phi) is 9.63. The zero-order chi connectivity index (χ0) is 22.9. The minimum absolute atomic E-state index is 0.0339. The summed E-state index contributed by atoms with van der Waals surface area (Å²) in [6.07, 6.45) is -3.23. The Morgan fingerprint density at radius 3 is 2.42 bits per heavy atom. The predicted molar refractivity (Wildman–Crippen MR) is 102 cm³/mol. The fourth-order valence-electron chi connectivity index (χ4n) is 3.17. The molecule has 174 valence electrons. The quantitative estimate of drug-likeness (QED) is 0.439. The monoisotopic (exact) mass is 451 g/mol. The van der Waals surface area contributed by atoms with Gasteiger partial charge in [-0.2, -0.15) is 13.2 Å². The van der Waals surface area contributed by atoms with Crippen LogP contribution in [0.5, 0.6) is 0 Å². The number of hydrogen-bond acceptors (Lipinski definition) is 4. The van der Waals surface area contributed by atoms with Gasteiger partial charge in [0.25, 0.3) is 5.91 Å². The Labute approximate surface area is 177 Å². The highest BCUT2D eigenvalue weighted by Crippen LogP contribution is 2.14. The van der Waals surface area contributed by atoms with Crippen molar-refractivity contribution >= 4 is 11.8 Å². The molecule has 1 aliphatic rings. The summed E-state index contributed by atoms with van der Waals surface area (Å²) in [5, 5.41) is 2.50. The molecule has 1 N–H and O–H groups in total. The molecule has 31 heavy (non-hydrogen) atoms. The minimum Gasteiger partial charge on any atom is -0.372 e. The van der Waals surface area contributed by atoms with Crippen molar-refractivity contribution in [2.75, 3.05) is 52.5 Å². The van der Waals surface area contributed by atoms with E-state index in [0.29, 0.717) is 51.6 Å². The molecule has 2 amide bonds. The van der Waals surface area contributed by atoms with Crippen molar-refractivity contribution in [2.45, 2.75) is 25.4 Å². The van der Waals surface area contributed by atoms with E-state index in [4.69, 9.17) is 0 Å². The van der Waals surface area contributed by atoms with Gasteiger partial charge in [0.2, 0.25) is 5.91 Å². The van der Waals surface area contributed by atoms with E-state index in [1.807, 2.05) is 0 Å². The number of alkyl halides is 3. The van der Waals surface area contributed by atoms with Crippen molar-refractivity contribution in [1.29, 1.82) is 0 Å². The predicted octanol–water partition coefficient (Wildman–Crippen LogP) is 2.59. The van der Waals surface area contributed by atoms with Gasteiger partial charge in [-0.1, -0.05) is 0 Å². The first kappa shape index (κ1) is 25.0. The number of nitrogens with one attached hydrogen (secondary N) is 1. The van der Waals surface area contributed by atoms with Crippen LogP contribution in [0.25, 0.3) is 0 Å². The van der Waals surface area contributed by atoms with Gasteiger partial charge in [0, 0.05) is 58.4 Å². The molecule has 0 unspecified atom stereocenters. The summed E-state index contributed by atoms with van der Waals surface area (Å²) >= 11 is 0. The molecule has 1 fully saturated rings. The Morgan fingerprint density at radius 1 is 1.06 bits per heavy atom. The van der Waals surface area contributed by atoms with Crippen LogP contribution in [0.4, 0.5) is 22.0 Å². The first-order chi connectivity index (χ1) is 14.7. The number of rotatable bonds is 10. The standard InChI is InChI=1S/C20H26F5N3O3/c21-15-4-5-16(17(22)13-15)19(30)26-6-1-3-18(29)28-10-8-27(9-11-28)7-2-12-31-14-20(23,24)25/h4-5,13H,1-3,6-12,14H2,(H,26,30). The number of carbonyl (C=O) groups is 2. The normalized spacial score (nSPS) is 15.2. The fourth-order valence-corrected chi connectivity index (χ4v) is 3.17. The lowest BCUT2D eigenvalue weighted by atomic mass is 10.2. The average molecular weight is 451 g/mol. The Balaban J connectivity index is 1.57. The van der Waals surface area contributed by atoms with Crippen molar-refractivity contribution in [3.63, 3.8) is 0 Å². The third kappa shape index (κ3) is 9.18. The van der Waals surface area contributed by atoms with Crippen LogP contribution in [0.2, 0.25) is 0 Å². The number of nitrogens with zero attached hydrogens (tertiary/aromatic N) is 2. The maximum Gasteiger partial charge on any atom is 0.411 e. The van der Waals surface area contributed by atoms with E-state index in [-0.39, 0.29) is 31.0 Å². The summed E-state index contributed by atoms with van der Waals surface area (Å²) in [5.41, 5.74) is -0.257. The summed E-state index contributed by atoms with van der Waals surface area (Å²) in [5.74, 6) is -2.44. The number of halogens is 5. The molecular formula is C20H26F5N3O3. The maximum atomic E-state index is 13.6. The molecule has 1 saturated heterocycles. The van der Waals surface area contributed by atoms with E-state index in [2.05, 4.69) is 15.0 Å². The molecule has 1 aromatic carbocycles.